The Morgan fingerprint density at radius 3 is 1.41 bits per heavy atom. The Hall–Kier alpha value is -13.3. The number of thiophene rings is 2. The monoisotopic (exact) mass is 1830 g/mol. The van der Waals surface area contributed by atoms with E-state index in [1.807, 2.05) is 110 Å². The Morgan fingerprint density at radius 2 is 0.940 bits per heavy atom. The first kappa shape index (κ1) is 92.9. The fraction of sp³-hybridized carbons (Fsp3) is 0.388. The number of halogens is 3. The molecule has 19 rings (SSSR count). The molecular weight excluding hydrogens is 1720 g/mol. The number of nitrogens with zero attached hydrogens (tertiary/aromatic N) is 15. The molecule has 7 aromatic carbocycles. The number of likely N-dealkylation sites (N-methyl/N-ethyl adjacent to an activating group) is 3. The topological polar surface area (TPSA) is 350 Å². The van der Waals surface area contributed by atoms with Gasteiger partial charge in [0.2, 0.25) is 29.5 Å². The van der Waals surface area contributed by atoms with Crippen molar-refractivity contribution in [3.05, 3.63) is 253 Å². The van der Waals surface area contributed by atoms with Gasteiger partial charge in [-0.1, -0.05) is 107 Å². The van der Waals surface area contributed by atoms with E-state index in [-0.39, 0.29) is 76.1 Å². The van der Waals surface area contributed by atoms with Gasteiger partial charge in [-0.3, -0.25) is 52.9 Å². The summed E-state index contributed by atoms with van der Waals surface area (Å²) in [5.74, 6) is -2.61. The second-order valence-corrected chi connectivity index (χ2v) is 40.1. The van der Waals surface area contributed by atoms with Gasteiger partial charge in [-0.05, 0) is 254 Å². The molecule has 1 saturated heterocycles. The predicted octanol–water partition coefficient (Wildman–Crippen LogP) is 16.6. The maximum Gasteiger partial charge on any atom is 0.248 e. The van der Waals surface area contributed by atoms with E-state index in [4.69, 9.17) is 32.9 Å². The van der Waals surface area contributed by atoms with Crippen molar-refractivity contribution < 1.29 is 37.1 Å². The number of nitrogens with two attached hydrogens (primary N) is 4. The third-order valence-electron chi connectivity index (χ3n) is 28.0. The standard InChI is InChI=1S/2C28H26N6OS.C24H36N4O2.C23H25F3N4O/c2*1-28(24-12-22(16-36-24)19-5-3-4-18(10-19)13-29)25(26(35)33(2)27(30)32-28)20-8-9-23-21(11-20)14-31-34(23)15-17-6-7-17;1-23(2,3)18-13-11-17(12-14-18)19-20(29)28(5)22(25)27-24(19,4)21(30)26-15-16-9-7-6-8-10-16;1-23(18-8-5-16(25)13-19(18)26)20(21(31)29(2)22(27)28-23)14-9-11-30(12-10-14)17-6-3-15(24)4-7-17/h2*3-5,8-12,14,16-17,25H,6-7,15H2,1-2H3,(H2,30,32);11-14,16,19H,6-10,15H2,1-5H3,(H2,25,27)(H,26,30);3-8,13-14,20H,9-12H2,1-2H3,(H2,27,28)/t25-,28+;25-,28-;19-,24-;20-,23-/m0101/s1. The van der Waals surface area contributed by atoms with Crippen molar-refractivity contribution in [1.29, 1.82) is 10.5 Å². The number of piperidine rings is 1. The molecule has 0 unspecified atom stereocenters. The Morgan fingerprint density at radius 1 is 0.489 bits per heavy atom. The number of anilines is 1. The van der Waals surface area contributed by atoms with E-state index in [0.29, 0.717) is 49.5 Å². The van der Waals surface area contributed by atoms with Gasteiger partial charge in [-0.25, -0.2) is 33.1 Å². The summed E-state index contributed by atoms with van der Waals surface area (Å²) in [6, 6.07) is 53.5. The Labute approximate surface area is 781 Å². The van der Waals surface area contributed by atoms with Crippen LogP contribution in [0.15, 0.2) is 207 Å². The minimum absolute atomic E-state index is 0.00908. The van der Waals surface area contributed by atoms with Gasteiger partial charge in [0.25, 0.3) is 0 Å². The lowest BCUT2D eigenvalue weighted by Crippen LogP contribution is -2.59. The molecule has 5 amide bonds. The Balaban J connectivity index is 0.000000130. The fourth-order valence-corrected chi connectivity index (χ4v) is 21.7. The van der Waals surface area contributed by atoms with Gasteiger partial charge in [0.05, 0.1) is 70.4 Å². The van der Waals surface area contributed by atoms with Crippen LogP contribution < -0.4 is 33.2 Å². The molecule has 688 valence electrons. The van der Waals surface area contributed by atoms with Crippen molar-refractivity contribution >= 4 is 104 Å². The van der Waals surface area contributed by atoms with Crippen LogP contribution in [0.2, 0.25) is 0 Å². The molecule has 5 aliphatic heterocycles. The average molecular weight is 1830 g/mol. The number of nitriles is 2. The van der Waals surface area contributed by atoms with Gasteiger partial charge >= 0.3 is 0 Å². The van der Waals surface area contributed by atoms with Gasteiger partial charge in [0.1, 0.15) is 34.1 Å². The van der Waals surface area contributed by atoms with Crippen molar-refractivity contribution in [2.45, 2.75) is 178 Å². The molecule has 3 aliphatic carbocycles. The van der Waals surface area contributed by atoms with E-state index in [0.717, 1.165) is 120 Å². The maximum atomic E-state index is 14.8. The summed E-state index contributed by atoms with van der Waals surface area (Å²) in [6.07, 6.45) is 16.2. The molecule has 133 heavy (non-hydrogen) atoms. The molecule has 4 aromatic heterocycles. The summed E-state index contributed by atoms with van der Waals surface area (Å²) in [6.45, 7) is 17.7. The van der Waals surface area contributed by atoms with Gasteiger partial charge < -0.3 is 33.2 Å². The normalized spacial score (nSPS) is 23.6. The number of hydrogen-bond donors (Lipinski definition) is 5. The van der Waals surface area contributed by atoms with Gasteiger partial charge in [0, 0.05) is 98.8 Å². The second kappa shape index (κ2) is 37.4. The summed E-state index contributed by atoms with van der Waals surface area (Å²) >= 11 is 3.11. The van der Waals surface area contributed by atoms with Crippen molar-refractivity contribution in [1.82, 2.24) is 44.5 Å². The summed E-state index contributed by atoms with van der Waals surface area (Å²) in [4.78, 5) is 95.6. The third kappa shape index (κ3) is 18.9. The number of guanidine groups is 4. The van der Waals surface area contributed by atoms with Crippen molar-refractivity contribution in [2.24, 2.45) is 72.5 Å². The lowest BCUT2D eigenvalue weighted by atomic mass is 9.68. The highest BCUT2D eigenvalue weighted by Gasteiger charge is 2.55. The summed E-state index contributed by atoms with van der Waals surface area (Å²) in [5, 5.41) is 37.0. The molecule has 8 atom stereocenters. The maximum absolute atomic E-state index is 14.8. The molecule has 30 heteroatoms. The number of nitrogens with one attached hydrogen (secondary N) is 1. The second-order valence-electron chi connectivity index (χ2n) is 38.3. The zero-order valence-electron chi connectivity index (χ0n) is 76.8. The van der Waals surface area contributed by atoms with E-state index >= 15 is 0 Å². The van der Waals surface area contributed by atoms with E-state index in [1.54, 1.807) is 89.0 Å². The van der Waals surface area contributed by atoms with Crippen LogP contribution >= 0.6 is 22.7 Å². The zero-order valence-corrected chi connectivity index (χ0v) is 78.5. The highest BCUT2D eigenvalue weighted by Crippen LogP contribution is 2.52. The van der Waals surface area contributed by atoms with Crippen molar-refractivity contribution in [3.63, 3.8) is 0 Å². The Bertz CT molecular complexity index is 6280. The molecule has 9 N–H and O–H groups in total. The number of aliphatic imine (C=N–C) groups is 4. The molecule has 0 spiro atoms. The SMILES string of the molecule is CN1C(=O)[C@@H](C2CCN(c3ccc(F)cc3)CC2)[C@@](C)(c2ccc(F)cc2F)N=C1N.CN1C(=O)[C@@H](c2ccc3c(cnn3CC3CC3)c2)[C@@](C)(c2cc(-c3cccc(C#N)c3)cs2)N=C1N.CN1C(=O)[C@H](c2ccc(C(C)(C)C)cc2)[C@@](C)(C(=O)NCC2CCCCC2)N=C1N.CN1C(=O)[C@H](c2ccc3c(cnn3CC3CC3)c2)[C@@](C)(c2cc(-c3cccc(C#N)c3)cs2)N=C1N. The number of amides is 5. The molecule has 25 nitrogen and oxygen atoms in total. The summed E-state index contributed by atoms with van der Waals surface area (Å²) in [5.41, 5.74) is 32.3. The molecule has 0 bridgehead atoms. The number of aromatic nitrogens is 4. The van der Waals surface area contributed by atoms with Crippen molar-refractivity contribution in [3.8, 4) is 34.4 Å². The molecule has 9 heterocycles. The number of rotatable bonds is 17. The number of carbonyl (C=O) groups excluding carboxylic acids is 5. The van der Waals surface area contributed by atoms with E-state index in [2.05, 4.69) is 109 Å². The molecule has 8 aliphatic rings. The van der Waals surface area contributed by atoms with Crippen LogP contribution in [0.1, 0.15) is 186 Å². The zero-order chi connectivity index (χ0) is 94.5. The van der Waals surface area contributed by atoms with Crippen molar-refractivity contribution in [2.75, 3.05) is 52.7 Å². The van der Waals surface area contributed by atoms with Crippen LogP contribution in [0.5, 0.6) is 0 Å². The number of benzene rings is 7. The Kier molecular flexibility index (Phi) is 26.1. The molecule has 0 radical (unpaired) electrons. The molecule has 11 aromatic rings. The first-order valence-electron chi connectivity index (χ1n) is 45.4. The quantitative estimate of drug-likeness (QED) is 0.0566. The summed E-state index contributed by atoms with van der Waals surface area (Å²) < 4.78 is 45.7. The fourth-order valence-electron chi connectivity index (χ4n) is 19.6. The van der Waals surface area contributed by atoms with Crippen LogP contribution in [-0.2, 0) is 59.1 Å². The van der Waals surface area contributed by atoms with Crippen LogP contribution in [0.25, 0.3) is 44.1 Å². The first-order valence-corrected chi connectivity index (χ1v) is 47.2. The van der Waals surface area contributed by atoms with E-state index < -0.39 is 57.5 Å². The first-order chi connectivity index (χ1) is 63.5. The molecule has 4 fully saturated rings. The van der Waals surface area contributed by atoms with E-state index in [9.17, 15) is 47.7 Å². The minimum Gasteiger partial charge on any atom is -0.372 e. The molecule has 3 saturated carbocycles. The lowest BCUT2D eigenvalue weighted by molar-refractivity contribution is -0.137. The lowest BCUT2D eigenvalue weighted by Gasteiger charge is -2.46. The molecular formula is C103H113F3N20O5S2. The predicted molar refractivity (Wildman–Crippen MR) is 516 cm³/mol. The van der Waals surface area contributed by atoms with E-state index in [1.165, 1.54) is 94.4 Å². The van der Waals surface area contributed by atoms with Crippen LogP contribution in [0, 0.1) is 69.7 Å². The van der Waals surface area contributed by atoms with Gasteiger partial charge in [-0.2, -0.15) is 20.7 Å². The van der Waals surface area contributed by atoms with Crippen LogP contribution in [0.3, 0.4) is 0 Å². The average Bonchev–Trinajstić information content (AvgIpc) is 1.74. The number of fused-ring (bicyclic) bond motifs is 2. The number of carbonyl (C=O) groups is 5. The smallest absolute Gasteiger partial charge is 0.248 e. The highest BCUT2D eigenvalue weighted by atomic mass is 32.1. The summed E-state index contributed by atoms with van der Waals surface area (Å²) in [7, 11) is 6.51. The minimum atomic E-state index is -1.27. The van der Waals surface area contributed by atoms with Crippen LogP contribution in [-0.4, -0.2) is 146 Å². The van der Waals surface area contributed by atoms with Crippen LogP contribution in [0.4, 0.5) is 18.9 Å². The number of hydrogen-bond acceptors (Lipinski definition) is 20. The third-order valence-corrected chi connectivity index (χ3v) is 30.3. The largest absolute Gasteiger partial charge is 0.372 e. The highest BCUT2D eigenvalue weighted by molar-refractivity contribution is 7.11. The van der Waals surface area contributed by atoms with Gasteiger partial charge in [0.15, 0.2) is 29.4 Å². The van der Waals surface area contributed by atoms with Gasteiger partial charge in [-0.15, -0.1) is 22.7 Å².